The molecule has 2 aliphatic heterocycles. The molecule has 5 atom stereocenters. The predicted octanol–water partition coefficient (Wildman–Crippen LogP) is 3.61. The van der Waals surface area contributed by atoms with E-state index in [-0.39, 0.29) is 6.61 Å². The van der Waals surface area contributed by atoms with Crippen LogP contribution in [-0.2, 0) is 32.2 Å². The molecule has 2 heterocycles. The van der Waals surface area contributed by atoms with Crippen molar-refractivity contribution in [1.82, 2.24) is 0 Å². The summed E-state index contributed by atoms with van der Waals surface area (Å²) >= 11 is 0. The minimum absolute atomic E-state index is 0.289. The number of benzene rings is 2. The van der Waals surface area contributed by atoms with Gasteiger partial charge in [0.1, 0.15) is 23.9 Å². The molecule has 2 saturated heterocycles. The van der Waals surface area contributed by atoms with Crippen LogP contribution in [0.2, 0.25) is 0 Å². The summed E-state index contributed by atoms with van der Waals surface area (Å²) in [5.41, 5.74) is 0.777. The molecule has 2 bridgehead atoms. The fourth-order valence-electron chi connectivity index (χ4n) is 4.18. The van der Waals surface area contributed by atoms with Crippen LogP contribution in [0.15, 0.2) is 73.3 Å². The van der Waals surface area contributed by atoms with E-state index in [1.807, 2.05) is 67.6 Å². The van der Waals surface area contributed by atoms with Crippen LogP contribution < -0.4 is 0 Å². The minimum atomic E-state index is -1.28. The second-order valence-electron chi connectivity index (χ2n) is 7.85. The number of hydrogen-bond donors (Lipinski definition) is 1. The van der Waals surface area contributed by atoms with Gasteiger partial charge in [0.15, 0.2) is 5.79 Å². The summed E-state index contributed by atoms with van der Waals surface area (Å²) < 4.78 is 24.7. The van der Waals surface area contributed by atoms with Crippen LogP contribution in [0.1, 0.15) is 24.5 Å². The van der Waals surface area contributed by atoms with Gasteiger partial charge in [0.2, 0.25) is 0 Å². The quantitative estimate of drug-likeness (QED) is 0.691. The van der Waals surface area contributed by atoms with E-state index < -0.39 is 29.7 Å². The van der Waals surface area contributed by atoms with E-state index in [4.69, 9.17) is 18.9 Å². The lowest BCUT2D eigenvalue weighted by Crippen LogP contribution is -2.67. The second kappa shape index (κ2) is 8.38. The third kappa shape index (κ3) is 4.02. The van der Waals surface area contributed by atoms with Crippen molar-refractivity contribution in [3.8, 4) is 0 Å². The van der Waals surface area contributed by atoms with E-state index in [9.17, 15) is 5.11 Å². The third-order valence-electron chi connectivity index (χ3n) is 5.76. The summed E-state index contributed by atoms with van der Waals surface area (Å²) in [6, 6.07) is 19.8. The largest absolute Gasteiger partial charge is 0.384 e. The van der Waals surface area contributed by atoms with Gasteiger partial charge in [0, 0.05) is 0 Å². The molecule has 5 nitrogen and oxygen atoms in total. The Balaban J connectivity index is 1.60. The van der Waals surface area contributed by atoms with Crippen LogP contribution in [0.3, 0.4) is 0 Å². The summed E-state index contributed by atoms with van der Waals surface area (Å²) in [5.74, 6) is -0.978. The van der Waals surface area contributed by atoms with Crippen molar-refractivity contribution in [2.24, 2.45) is 0 Å². The lowest BCUT2D eigenvalue weighted by molar-refractivity contribution is -0.332. The topological polar surface area (TPSA) is 57.2 Å². The molecule has 0 unspecified atom stereocenters. The molecule has 0 radical (unpaired) electrons. The van der Waals surface area contributed by atoms with Crippen LogP contribution in [0.4, 0.5) is 0 Å². The fourth-order valence-corrected chi connectivity index (χ4v) is 4.18. The average Bonchev–Trinajstić information content (AvgIpc) is 3.12. The zero-order valence-electron chi connectivity index (χ0n) is 16.7. The molecule has 1 N–H and O–H groups in total. The highest BCUT2D eigenvalue weighted by Gasteiger charge is 2.65. The Kier molecular flexibility index (Phi) is 5.86. The number of rotatable bonds is 8. The summed E-state index contributed by atoms with van der Waals surface area (Å²) in [6.45, 7) is 6.69. The zero-order chi connectivity index (χ0) is 20.3. The standard InChI is InChI=1S/C24H28O5/c1-3-14-24(25)20-17-28-23(2,29-20)21(26-15-18-10-6-4-7-11-18)22(24)27-16-19-12-8-5-9-13-19/h3-13,20-22,25H,1,14-17H2,2H3/t20-,21-,22-,23-,24+/m1/s1. The van der Waals surface area contributed by atoms with Gasteiger partial charge < -0.3 is 24.1 Å². The van der Waals surface area contributed by atoms with Crippen LogP contribution in [0.5, 0.6) is 0 Å². The van der Waals surface area contributed by atoms with Crippen molar-refractivity contribution in [2.75, 3.05) is 6.61 Å². The molecule has 0 amide bonds. The Bertz CT molecular complexity index is 811. The highest BCUT2D eigenvalue weighted by Crippen LogP contribution is 2.46. The van der Waals surface area contributed by atoms with Crippen LogP contribution in [0, 0.1) is 0 Å². The van der Waals surface area contributed by atoms with Crippen molar-refractivity contribution < 1.29 is 24.1 Å². The first kappa shape index (κ1) is 20.3. The third-order valence-corrected chi connectivity index (χ3v) is 5.76. The summed E-state index contributed by atoms with van der Waals surface area (Å²) in [6.07, 6.45) is 0.285. The zero-order valence-corrected chi connectivity index (χ0v) is 16.7. The van der Waals surface area contributed by atoms with Gasteiger partial charge >= 0.3 is 0 Å². The molecular weight excluding hydrogens is 368 g/mol. The Morgan fingerprint density at radius 1 is 1.00 bits per heavy atom. The highest BCUT2D eigenvalue weighted by atomic mass is 16.8. The van der Waals surface area contributed by atoms with Crippen molar-refractivity contribution >= 4 is 0 Å². The molecule has 4 rings (SSSR count). The van der Waals surface area contributed by atoms with Crippen molar-refractivity contribution in [1.29, 1.82) is 0 Å². The molecule has 0 spiro atoms. The van der Waals surface area contributed by atoms with Gasteiger partial charge in [-0.05, 0) is 24.5 Å². The Morgan fingerprint density at radius 2 is 1.55 bits per heavy atom. The molecule has 0 aliphatic carbocycles. The van der Waals surface area contributed by atoms with E-state index in [1.54, 1.807) is 6.08 Å². The molecule has 2 aromatic rings. The molecule has 0 saturated carbocycles. The molecule has 5 heteroatoms. The lowest BCUT2D eigenvalue weighted by atomic mass is 9.80. The Morgan fingerprint density at radius 3 is 2.10 bits per heavy atom. The molecular formula is C24H28O5. The van der Waals surface area contributed by atoms with Gasteiger partial charge in [-0.25, -0.2) is 0 Å². The maximum absolute atomic E-state index is 11.6. The molecule has 2 aliphatic rings. The maximum Gasteiger partial charge on any atom is 0.195 e. The molecule has 29 heavy (non-hydrogen) atoms. The van der Waals surface area contributed by atoms with Crippen molar-refractivity contribution in [3.63, 3.8) is 0 Å². The van der Waals surface area contributed by atoms with Gasteiger partial charge in [-0.15, -0.1) is 6.58 Å². The Labute approximate surface area is 171 Å². The number of hydrogen-bond acceptors (Lipinski definition) is 5. The molecule has 2 fully saturated rings. The van der Waals surface area contributed by atoms with E-state index >= 15 is 0 Å². The van der Waals surface area contributed by atoms with Gasteiger partial charge in [-0.1, -0.05) is 66.7 Å². The van der Waals surface area contributed by atoms with Gasteiger partial charge in [0.05, 0.1) is 19.8 Å². The van der Waals surface area contributed by atoms with Crippen LogP contribution >= 0.6 is 0 Å². The average molecular weight is 396 g/mol. The first-order chi connectivity index (χ1) is 14.0. The molecule has 2 aromatic carbocycles. The van der Waals surface area contributed by atoms with Gasteiger partial charge in [-0.2, -0.15) is 0 Å². The minimum Gasteiger partial charge on any atom is -0.384 e. The van der Waals surface area contributed by atoms with Crippen molar-refractivity contribution in [3.05, 3.63) is 84.4 Å². The molecule has 0 aromatic heterocycles. The summed E-state index contributed by atoms with van der Waals surface area (Å²) in [5, 5.41) is 11.6. The smallest absolute Gasteiger partial charge is 0.195 e. The van der Waals surface area contributed by atoms with Crippen molar-refractivity contribution in [2.45, 2.75) is 56.3 Å². The maximum atomic E-state index is 11.6. The summed E-state index contributed by atoms with van der Waals surface area (Å²) in [4.78, 5) is 0. The van der Waals surface area contributed by atoms with Crippen LogP contribution in [0.25, 0.3) is 0 Å². The molecule has 154 valence electrons. The predicted molar refractivity (Wildman–Crippen MR) is 109 cm³/mol. The SMILES string of the molecule is C=CC[C@@]1(O)[C@H](OCc2ccccc2)[C@@H](OCc2ccccc2)[C@]2(C)OC[C@H]1O2. The lowest BCUT2D eigenvalue weighted by Gasteiger charge is -2.49. The van der Waals surface area contributed by atoms with E-state index in [1.165, 1.54) is 0 Å². The monoisotopic (exact) mass is 396 g/mol. The fraction of sp³-hybridized carbons (Fsp3) is 0.417. The van der Waals surface area contributed by atoms with E-state index in [2.05, 4.69) is 6.58 Å². The summed E-state index contributed by atoms with van der Waals surface area (Å²) in [7, 11) is 0. The highest BCUT2D eigenvalue weighted by molar-refractivity contribution is 5.17. The Hall–Kier alpha value is -2.02. The van der Waals surface area contributed by atoms with E-state index in [0.29, 0.717) is 19.6 Å². The number of aliphatic hydroxyl groups is 1. The second-order valence-corrected chi connectivity index (χ2v) is 7.85. The number of fused-ring (bicyclic) bond motifs is 2. The normalized spacial score (nSPS) is 33.5. The first-order valence-electron chi connectivity index (χ1n) is 10.0. The van der Waals surface area contributed by atoms with Crippen LogP contribution in [-0.4, -0.2) is 41.4 Å². The first-order valence-corrected chi connectivity index (χ1v) is 10.0. The van der Waals surface area contributed by atoms with Gasteiger partial charge in [0.25, 0.3) is 0 Å². The van der Waals surface area contributed by atoms with Gasteiger partial charge in [-0.3, -0.25) is 0 Å². The van der Waals surface area contributed by atoms with E-state index in [0.717, 1.165) is 11.1 Å². The number of ether oxygens (including phenoxy) is 4.